The minimum absolute atomic E-state index is 0.315. The maximum Gasteiger partial charge on any atom is 0.137 e. The first-order chi connectivity index (χ1) is 10.2. The molecule has 3 aromatic rings. The molecule has 0 spiro atoms. The number of pyridine rings is 2. The SMILES string of the molecule is Cc1cc(-n2cc(CC=O)c3ncccc32)ncc1C#N. The van der Waals surface area contributed by atoms with Crippen molar-refractivity contribution >= 4 is 17.3 Å². The van der Waals surface area contributed by atoms with E-state index in [0.29, 0.717) is 17.8 Å². The maximum absolute atomic E-state index is 10.8. The van der Waals surface area contributed by atoms with Crippen molar-refractivity contribution in [2.24, 2.45) is 0 Å². The summed E-state index contributed by atoms with van der Waals surface area (Å²) < 4.78 is 1.90. The Labute approximate surface area is 121 Å². The molecule has 0 N–H and O–H groups in total. The van der Waals surface area contributed by atoms with Gasteiger partial charge in [0.15, 0.2) is 0 Å². The predicted octanol–water partition coefficient (Wildman–Crippen LogP) is 2.34. The molecule has 3 rings (SSSR count). The second-order valence-electron chi connectivity index (χ2n) is 4.74. The second kappa shape index (κ2) is 5.17. The average molecular weight is 276 g/mol. The molecule has 0 amide bonds. The van der Waals surface area contributed by atoms with E-state index in [9.17, 15) is 4.79 Å². The fraction of sp³-hybridized carbons (Fsp3) is 0.125. The lowest BCUT2D eigenvalue weighted by atomic mass is 10.2. The van der Waals surface area contributed by atoms with Gasteiger partial charge in [-0.05, 0) is 30.7 Å². The first-order valence-electron chi connectivity index (χ1n) is 6.50. The topological polar surface area (TPSA) is 71.6 Å². The molecule has 0 unspecified atom stereocenters. The van der Waals surface area contributed by atoms with Crippen LogP contribution in [-0.4, -0.2) is 20.8 Å². The van der Waals surface area contributed by atoms with Gasteiger partial charge in [0, 0.05) is 30.6 Å². The highest BCUT2D eigenvalue weighted by Gasteiger charge is 2.12. The molecule has 0 fully saturated rings. The van der Waals surface area contributed by atoms with Gasteiger partial charge in [-0.15, -0.1) is 0 Å². The summed E-state index contributed by atoms with van der Waals surface area (Å²) >= 11 is 0. The first kappa shape index (κ1) is 13.0. The molecule has 3 heterocycles. The van der Waals surface area contributed by atoms with Gasteiger partial charge >= 0.3 is 0 Å². The minimum atomic E-state index is 0.315. The lowest BCUT2D eigenvalue weighted by molar-refractivity contribution is -0.107. The number of nitrogens with zero attached hydrogens (tertiary/aromatic N) is 4. The number of aldehydes is 1. The Balaban J connectivity index is 2.23. The summed E-state index contributed by atoms with van der Waals surface area (Å²) in [4.78, 5) is 19.5. The zero-order chi connectivity index (χ0) is 14.8. The molecular formula is C16H12N4O. The van der Waals surface area contributed by atoms with Crippen LogP contribution >= 0.6 is 0 Å². The molecule has 102 valence electrons. The normalized spacial score (nSPS) is 10.5. The van der Waals surface area contributed by atoms with Gasteiger partial charge in [-0.2, -0.15) is 5.26 Å². The molecule has 5 nitrogen and oxygen atoms in total. The van der Waals surface area contributed by atoms with Gasteiger partial charge in [0.1, 0.15) is 18.2 Å². The van der Waals surface area contributed by atoms with Crippen molar-refractivity contribution < 1.29 is 4.79 Å². The molecule has 0 aromatic carbocycles. The molecule has 0 saturated heterocycles. The monoisotopic (exact) mass is 276 g/mol. The number of fused-ring (bicyclic) bond motifs is 1. The van der Waals surface area contributed by atoms with Crippen molar-refractivity contribution in [3.8, 4) is 11.9 Å². The second-order valence-corrected chi connectivity index (χ2v) is 4.74. The number of aryl methyl sites for hydroxylation is 1. The molecule has 0 atom stereocenters. The van der Waals surface area contributed by atoms with E-state index in [1.165, 1.54) is 0 Å². The summed E-state index contributed by atoms with van der Waals surface area (Å²) in [5.74, 6) is 0.710. The highest BCUT2D eigenvalue weighted by atomic mass is 16.1. The van der Waals surface area contributed by atoms with Crippen LogP contribution in [0.2, 0.25) is 0 Å². The summed E-state index contributed by atoms with van der Waals surface area (Å²) in [5, 5.41) is 8.98. The van der Waals surface area contributed by atoms with Crippen LogP contribution in [-0.2, 0) is 11.2 Å². The number of hydrogen-bond donors (Lipinski definition) is 0. The number of hydrogen-bond acceptors (Lipinski definition) is 4. The Morgan fingerprint density at radius 3 is 3.00 bits per heavy atom. The van der Waals surface area contributed by atoms with E-state index < -0.39 is 0 Å². The zero-order valence-corrected chi connectivity index (χ0v) is 11.4. The van der Waals surface area contributed by atoms with Crippen molar-refractivity contribution in [3.63, 3.8) is 0 Å². The van der Waals surface area contributed by atoms with Crippen LogP contribution in [0.3, 0.4) is 0 Å². The van der Waals surface area contributed by atoms with E-state index in [2.05, 4.69) is 16.0 Å². The zero-order valence-electron chi connectivity index (χ0n) is 11.4. The molecule has 0 aliphatic carbocycles. The van der Waals surface area contributed by atoms with E-state index in [-0.39, 0.29) is 0 Å². The van der Waals surface area contributed by atoms with Gasteiger partial charge in [-0.25, -0.2) is 4.98 Å². The van der Waals surface area contributed by atoms with Crippen molar-refractivity contribution in [1.82, 2.24) is 14.5 Å². The molecule has 0 radical (unpaired) electrons. The van der Waals surface area contributed by atoms with Crippen LogP contribution in [0.4, 0.5) is 0 Å². The van der Waals surface area contributed by atoms with Crippen LogP contribution in [0.15, 0.2) is 36.8 Å². The van der Waals surface area contributed by atoms with E-state index in [4.69, 9.17) is 5.26 Å². The lowest BCUT2D eigenvalue weighted by Gasteiger charge is -2.05. The summed E-state index contributed by atoms with van der Waals surface area (Å²) in [5.41, 5.74) is 3.98. The average Bonchev–Trinajstić information content (AvgIpc) is 2.87. The molecule has 21 heavy (non-hydrogen) atoms. The fourth-order valence-electron chi connectivity index (χ4n) is 2.34. The smallest absolute Gasteiger partial charge is 0.137 e. The summed E-state index contributed by atoms with van der Waals surface area (Å²) in [6.45, 7) is 1.88. The lowest BCUT2D eigenvalue weighted by Crippen LogP contribution is -1.98. The van der Waals surface area contributed by atoms with E-state index >= 15 is 0 Å². The Bertz CT molecular complexity index is 874. The molecule has 0 aliphatic heterocycles. The summed E-state index contributed by atoms with van der Waals surface area (Å²) in [6.07, 6.45) is 6.33. The molecular weight excluding hydrogens is 264 g/mol. The van der Waals surface area contributed by atoms with Crippen LogP contribution < -0.4 is 0 Å². The largest absolute Gasteiger partial charge is 0.303 e. The van der Waals surface area contributed by atoms with Crippen LogP contribution in [0.25, 0.3) is 16.9 Å². The number of aromatic nitrogens is 3. The first-order valence-corrected chi connectivity index (χ1v) is 6.50. The van der Waals surface area contributed by atoms with Crippen LogP contribution in [0.1, 0.15) is 16.7 Å². The predicted molar refractivity (Wildman–Crippen MR) is 78.1 cm³/mol. The molecule has 0 aliphatic rings. The third-order valence-electron chi connectivity index (χ3n) is 3.40. The van der Waals surface area contributed by atoms with Crippen molar-refractivity contribution in [3.05, 3.63) is 53.5 Å². The number of nitriles is 1. The molecule has 0 saturated carbocycles. The highest BCUT2D eigenvalue weighted by Crippen LogP contribution is 2.23. The number of carbonyl (C=O) groups is 1. The summed E-state index contributed by atoms with van der Waals surface area (Å²) in [7, 11) is 0. The van der Waals surface area contributed by atoms with Gasteiger partial charge < -0.3 is 4.79 Å². The Morgan fingerprint density at radius 1 is 1.43 bits per heavy atom. The quantitative estimate of drug-likeness (QED) is 0.688. The van der Waals surface area contributed by atoms with Crippen molar-refractivity contribution in [2.45, 2.75) is 13.3 Å². The van der Waals surface area contributed by atoms with Gasteiger partial charge in [-0.1, -0.05) is 0 Å². The van der Waals surface area contributed by atoms with Crippen LogP contribution in [0, 0.1) is 18.3 Å². The third-order valence-corrected chi connectivity index (χ3v) is 3.40. The Morgan fingerprint density at radius 2 is 2.29 bits per heavy atom. The van der Waals surface area contributed by atoms with Crippen molar-refractivity contribution in [2.75, 3.05) is 0 Å². The molecule has 0 bridgehead atoms. The Hall–Kier alpha value is -3.00. The van der Waals surface area contributed by atoms with Gasteiger partial charge in [0.25, 0.3) is 0 Å². The number of rotatable bonds is 3. The minimum Gasteiger partial charge on any atom is -0.303 e. The molecule has 5 heteroatoms. The maximum atomic E-state index is 10.8. The summed E-state index contributed by atoms with van der Waals surface area (Å²) in [6, 6.07) is 7.75. The molecule has 3 aromatic heterocycles. The van der Waals surface area contributed by atoms with Gasteiger partial charge in [0.2, 0.25) is 0 Å². The highest BCUT2D eigenvalue weighted by molar-refractivity contribution is 5.83. The Kier molecular flexibility index (Phi) is 3.20. The standard InChI is InChI=1S/C16H12N4O/c1-11-7-15(19-9-13(11)8-17)20-10-12(4-6-21)16-14(20)3-2-5-18-16/h2-3,5-7,9-10H,4H2,1H3. The van der Waals surface area contributed by atoms with Gasteiger partial charge in [0.05, 0.1) is 16.6 Å². The fourth-order valence-corrected chi connectivity index (χ4v) is 2.34. The van der Waals surface area contributed by atoms with Gasteiger partial charge in [-0.3, -0.25) is 9.55 Å². The number of carbonyl (C=O) groups excluding carboxylic acids is 1. The third kappa shape index (κ3) is 2.17. The van der Waals surface area contributed by atoms with E-state index in [1.807, 2.05) is 35.9 Å². The van der Waals surface area contributed by atoms with Crippen LogP contribution in [0.5, 0.6) is 0 Å². The van der Waals surface area contributed by atoms with E-state index in [0.717, 1.165) is 28.4 Å². The van der Waals surface area contributed by atoms with E-state index in [1.54, 1.807) is 12.4 Å². The van der Waals surface area contributed by atoms with Crippen molar-refractivity contribution in [1.29, 1.82) is 5.26 Å².